The Hall–Kier alpha value is -2.36. The summed E-state index contributed by atoms with van der Waals surface area (Å²) < 4.78 is 0. The summed E-state index contributed by atoms with van der Waals surface area (Å²) in [6, 6.07) is 14.1. The van der Waals surface area contributed by atoms with E-state index in [-0.39, 0.29) is 0 Å². The average Bonchev–Trinajstić information content (AvgIpc) is 3.38. The molecule has 0 saturated heterocycles. The minimum Gasteiger partial charge on any atom is -0.356 e. The standard InChI is InChI=1S/C12H12.2C6H11NO/c1-9-3-5-12-8-10(2)4-6-11(12)7-9;2*8-5-7-6-3-1-2-4-6/h3-8H,1-2H3;2*5-6H,1-4H2,(H,7,8). The molecule has 0 unspecified atom stereocenters. The van der Waals surface area contributed by atoms with Crippen molar-refractivity contribution in [1.82, 2.24) is 10.6 Å². The molecule has 0 heterocycles. The monoisotopic (exact) mass is 382 g/mol. The summed E-state index contributed by atoms with van der Waals surface area (Å²) in [7, 11) is 0. The first-order chi connectivity index (χ1) is 13.6. The van der Waals surface area contributed by atoms with Crippen molar-refractivity contribution < 1.29 is 9.59 Å². The number of amides is 2. The van der Waals surface area contributed by atoms with Crippen LogP contribution in [0.4, 0.5) is 0 Å². The van der Waals surface area contributed by atoms with E-state index in [1.54, 1.807) is 0 Å². The van der Waals surface area contributed by atoms with Crippen molar-refractivity contribution >= 4 is 23.6 Å². The lowest BCUT2D eigenvalue weighted by Gasteiger charge is -2.03. The lowest BCUT2D eigenvalue weighted by Crippen LogP contribution is -2.23. The second-order valence-corrected chi connectivity index (χ2v) is 7.89. The first-order valence-corrected chi connectivity index (χ1v) is 10.5. The second-order valence-electron chi connectivity index (χ2n) is 7.89. The fraction of sp³-hybridized carbons (Fsp3) is 0.500. The van der Waals surface area contributed by atoms with Gasteiger partial charge in [0.1, 0.15) is 0 Å². The predicted molar refractivity (Wildman–Crippen MR) is 116 cm³/mol. The van der Waals surface area contributed by atoms with Crippen LogP contribution < -0.4 is 10.6 Å². The van der Waals surface area contributed by atoms with Crippen molar-refractivity contribution in [3.05, 3.63) is 47.5 Å². The van der Waals surface area contributed by atoms with Crippen molar-refractivity contribution in [2.24, 2.45) is 0 Å². The van der Waals surface area contributed by atoms with Crippen LogP contribution in [0.25, 0.3) is 10.8 Å². The first kappa shape index (κ1) is 21.9. The molecule has 2 aromatic rings. The zero-order chi connectivity index (χ0) is 20.2. The summed E-state index contributed by atoms with van der Waals surface area (Å²) in [6.07, 6.45) is 11.5. The Bertz CT molecular complexity index is 669. The highest BCUT2D eigenvalue weighted by atomic mass is 16.1. The number of nitrogens with one attached hydrogen (secondary N) is 2. The van der Waals surface area contributed by atoms with E-state index >= 15 is 0 Å². The Morgan fingerprint density at radius 3 is 1.36 bits per heavy atom. The van der Waals surface area contributed by atoms with Gasteiger partial charge in [-0.1, -0.05) is 73.2 Å². The molecule has 0 aliphatic heterocycles. The van der Waals surface area contributed by atoms with E-state index in [1.165, 1.54) is 73.3 Å². The summed E-state index contributed by atoms with van der Waals surface area (Å²) in [6.45, 7) is 4.25. The van der Waals surface area contributed by atoms with Gasteiger partial charge in [-0.25, -0.2) is 0 Å². The maximum absolute atomic E-state index is 9.85. The van der Waals surface area contributed by atoms with Gasteiger partial charge < -0.3 is 10.6 Å². The molecule has 2 saturated carbocycles. The van der Waals surface area contributed by atoms with Crippen LogP contribution in [0, 0.1) is 13.8 Å². The van der Waals surface area contributed by atoms with Gasteiger partial charge in [-0.15, -0.1) is 0 Å². The van der Waals surface area contributed by atoms with Crippen molar-refractivity contribution in [3.63, 3.8) is 0 Å². The van der Waals surface area contributed by atoms with Gasteiger partial charge in [-0.05, 0) is 50.3 Å². The highest BCUT2D eigenvalue weighted by Gasteiger charge is 2.12. The molecule has 0 atom stereocenters. The molecule has 0 radical (unpaired) electrons. The zero-order valence-corrected chi connectivity index (χ0v) is 17.2. The van der Waals surface area contributed by atoms with Gasteiger partial charge in [-0.3, -0.25) is 9.59 Å². The van der Waals surface area contributed by atoms with E-state index in [2.05, 4.69) is 60.9 Å². The van der Waals surface area contributed by atoms with Crippen molar-refractivity contribution in [1.29, 1.82) is 0 Å². The van der Waals surface area contributed by atoms with E-state index in [0.29, 0.717) is 12.1 Å². The normalized spacial score (nSPS) is 16.5. The van der Waals surface area contributed by atoms with Crippen molar-refractivity contribution in [2.75, 3.05) is 0 Å². The predicted octanol–water partition coefficient (Wildman–Crippen LogP) is 4.81. The molecule has 28 heavy (non-hydrogen) atoms. The second kappa shape index (κ2) is 12.2. The molecule has 2 aliphatic carbocycles. The molecule has 4 rings (SSSR count). The molecular weight excluding hydrogens is 348 g/mol. The number of fused-ring (bicyclic) bond motifs is 1. The van der Waals surface area contributed by atoms with E-state index in [9.17, 15) is 9.59 Å². The Morgan fingerprint density at radius 2 is 1.04 bits per heavy atom. The third-order valence-electron chi connectivity index (χ3n) is 5.47. The molecular formula is C24H34N2O2. The molecule has 2 amide bonds. The molecule has 0 bridgehead atoms. The van der Waals surface area contributed by atoms with Crippen LogP contribution >= 0.6 is 0 Å². The largest absolute Gasteiger partial charge is 0.356 e. The van der Waals surface area contributed by atoms with Crippen LogP contribution in [0.15, 0.2) is 36.4 Å². The van der Waals surface area contributed by atoms with Gasteiger partial charge >= 0.3 is 0 Å². The summed E-state index contributed by atoms with van der Waals surface area (Å²) in [5, 5.41) is 8.20. The van der Waals surface area contributed by atoms with Gasteiger partial charge in [-0.2, -0.15) is 0 Å². The number of aryl methyl sites for hydroxylation is 2. The molecule has 152 valence electrons. The maximum Gasteiger partial charge on any atom is 0.207 e. The minimum absolute atomic E-state index is 0.493. The number of rotatable bonds is 4. The third-order valence-corrected chi connectivity index (χ3v) is 5.47. The van der Waals surface area contributed by atoms with Crippen LogP contribution in [0.1, 0.15) is 62.5 Å². The van der Waals surface area contributed by atoms with Crippen molar-refractivity contribution in [2.45, 2.75) is 77.3 Å². The summed E-state index contributed by atoms with van der Waals surface area (Å²) in [4.78, 5) is 19.7. The number of hydrogen-bond acceptors (Lipinski definition) is 2. The Labute approximate surface area is 169 Å². The smallest absolute Gasteiger partial charge is 0.207 e. The highest BCUT2D eigenvalue weighted by molar-refractivity contribution is 5.83. The van der Waals surface area contributed by atoms with E-state index in [1.807, 2.05) is 0 Å². The van der Waals surface area contributed by atoms with Gasteiger partial charge in [0, 0.05) is 12.1 Å². The summed E-state index contributed by atoms with van der Waals surface area (Å²) >= 11 is 0. The van der Waals surface area contributed by atoms with Gasteiger partial charge in [0.05, 0.1) is 0 Å². The lowest BCUT2D eigenvalue weighted by atomic mass is 10.1. The van der Waals surface area contributed by atoms with E-state index in [0.717, 1.165) is 12.8 Å². The number of carbonyl (C=O) groups excluding carboxylic acids is 2. The van der Waals surface area contributed by atoms with E-state index in [4.69, 9.17) is 0 Å². The Morgan fingerprint density at radius 1 is 0.679 bits per heavy atom. The molecule has 2 aromatic carbocycles. The Kier molecular flexibility index (Phi) is 9.53. The van der Waals surface area contributed by atoms with Gasteiger partial charge in [0.15, 0.2) is 0 Å². The molecule has 4 nitrogen and oxygen atoms in total. The van der Waals surface area contributed by atoms with Crippen molar-refractivity contribution in [3.8, 4) is 0 Å². The minimum atomic E-state index is 0.493. The number of hydrogen-bond donors (Lipinski definition) is 2. The van der Waals surface area contributed by atoms with Crippen LogP contribution in [-0.2, 0) is 9.59 Å². The lowest BCUT2D eigenvalue weighted by molar-refractivity contribution is -0.110. The maximum atomic E-state index is 9.85. The van der Waals surface area contributed by atoms with Gasteiger partial charge in [0.2, 0.25) is 12.8 Å². The molecule has 2 N–H and O–H groups in total. The molecule has 4 heteroatoms. The first-order valence-electron chi connectivity index (χ1n) is 10.5. The molecule has 2 aliphatic rings. The van der Waals surface area contributed by atoms with E-state index < -0.39 is 0 Å². The average molecular weight is 383 g/mol. The van der Waals surface area contributed by atoms with Gasteiger partial charge in [0.25, 0.3) is 0 Å². The molecule has 0 aromatic heterocycles. The third kappa shape index (κ3) is 7.71. The molecule has 2 fully saturated rings. The molecule has 0 spiro atoms. The zero-order valence-electron chi connectivity index (χ0n) is 17.2. The van der Waals surface area contributed by atoms with Crippen LogP contribution in [0.5, 0.6) is 0 Å². The Balaban J connectivity index is 0.000000156. The number of benzene rings is 2. The van der Waals surface area contributed by atoms with Crippen LogP contribution in [0.2, 0.25) is 0 Å². The fourth-order valence-corrected chi connectivity index (χ4v) is 3.86. The topological polar surface area (TPSA) is 58.2 Å². The van der Waals surface area contributed by atoms with Crippen LogP contribution in [-0.4, -0.2) is 24.9 Å². The van der Waals surface area contributed by atoms with Crippen LogP contribution in [0.3, 0.4) is 0 Å². The highest BCUT2D eigenvalue weighted by Crippen LogP contribution is 2.18. The number of carbonyl (C=O) groups is 2. The summed E-state index contributed by atoms with van der Waals surface area (Å²) in [5.74, 6) is 0. The summed E-state index contributed by atoms with van der Waals surface area (Å²) in [5.41, 5.74) is 2.65. The quantitative estimate of drug-likeness (QED) is 0.746. The fourth-order valence-electron chi connectivity index (χ4n) is 3.86. The SMILES string of the molecule is Cc1ccc2cc(C)ccc2c1.O=CNC1CCCC1.O=CNC1CCCC1.